The lowest BCUT2D eigenvalue weighted by molar-refractivity contribution is 0.402. The van der Waals surface area contributed by atoms with Crippen LogP contribution in [0.15, 0.2) is 76.0 Å². The highest BCUT2D eigenvalue weighted by atomic mass is 35.5. The summed E-state index contributed by atoms with van der Waals surface area (Å²) < 4.78 is 7.88. The van der Waals surface area contributed by atoms with E-state index in [4.69, 9.17) is 32.9 Å². The molecule has 4 aromatic rings. The van der Waals surface area contributed by atoms with E-state index in [9.17, 15) is 9.90 Å². The van der Waals surface area contributed by atoms with E-state index in [-0.39, 0.29) is 22.4 Å². The lowest BCUT2D eigenvalue weighted by Gasteiger charge is -2.31. The molecule has 2 aliphatic rings. The van der Waals surface area contributed by atoms with Gasteiger partial charge >= 0.3 is 0 Å². The maximum Gasteiger partial charge on any atom is 0.271 e. The number of allylic oxidation sites excluding steroid dienone is 1. The van der Waals surface area contributed by atoms with Gasteiger partial charge in [0.2, 0.25) is 0 Å². The van der Waals surface area contributed by atoms with Gasteiger partial charge in [-0.2, -0.15) is 0 Å². The minimum Gasteiger partial charge on any atom is -0.506 e. The van der Waals surface area contributed by atoms with Gasteiger partial charge in [-0.3, -0.25) is 9.36 Å². The highest BCUT2D eigenvalue weighted by molar-refractivity contribution is 7.07. The Morgan fingerprint density at radius 2 is 1.89 bits per heavy atom. The Morgan fingerprint density at radius 3 is 2.72 bits per heavy atom. The lowest BCUT2D eigenvalue weighted by atomic mass is 9.83. The van der Waals surface area contributed by atoms with E-state index in [2.05, 4.69) is 12.1 Å². The van der Waals surface area contributed by atoms with Crippen LogP contribution in [0.5, 0.6) is 11.5 Å². The second-order valence-electron chi connectivity index (χ2n) is 8.68. The first-order chi connectivity index (χ1) is 17.5. The van der Waals surface area contributed by atoms with Gasteiger partial charge in [-0.25, -0.2) is 4.99 Å². The predicted octanol–water partition coefficient (Wildman–Crippen LogP) is 5.34. The maximum absolute atomic E-state index is 13.9. The lowest BCUT2D eigenvalue weighted by Crippen LogP contribution is -2.39. The molecule has 0 amide bonds. The van der Waals surface area contributed by atoms with Crippen LogP contribution in [0, 0.1) is 0 Å². The Kier molecular flexibility index (Phi) is 5.75. The van der Waals surface area contributed by atoms with Gasteiger partial charge < -0.3 is 9.84 Å². The van der Waals surface area contributed by atoms with E-state index in [0.717, 1.165) is 35.2 Å². The number of aryl methyl sites for hydroxylation is 1. The number of fused-ring (bicyclic) bond motifs is 3. The number of halogens is 2. The van der Waals surface area contributed by atoms with Crippen molar-refractivity contribution in [3.05, 3.63) is 118 Å². The summed E-state index contributed by atoms with van der Waals surface area (Å²) >= 11 is 13.6. The molecule has 5 nitrogen and oxygen atoms in total. The average Bonchev–Trinajstić information content (AvgIpc) is 3.20. The van der Waals surface area contributed by atoms with Crippen molar-refractivity contribution in [2.75, 3.05) is 7.11 Å². The molecule has 0 radical (unpaired) electrons. The summed E-state index contributed by atoms with van der Waals surface area (Å²) in [7, 11) is 1.64. The molecule has 3 aromatic carbocycles. The molecule has 0 saturated heterocycles. The zero-order valence-electron chi connectivity index (χ0n) is 19.2. The van der Waals surface area contributed by atoms with Gasteiger partial charge in [0, 0.05) is 21.7 Å². The Labute approximate surface area is 220 Å². The van der Waals surface area contributed by atoms with Crippen LogP contribution in [0.4, 0.5) is 0 Å². The van der Waals surface area contributed by atoms with Gasteiger partial charge in [-0.15, -0.1) is 0 Å². The summed E-state index contributed by atoms with van der Waals surface area (Å²) in [6.07, 6.45) is 3.27. The largest absolute Gasteiger partial charge is 0.506 e. The third kappa shape index (κ3) is 3.68. The number of hydrogen-bond acceptors (Lipinski definition) is 5. The molecule has 0 spiro atoms. The summed E-state index contributed by atoms with van der Waals surface area (Å²) in [5.74, 6) is 0.588. The summed E-state index contributed by atoms with van der Waals surface area (Å²) in [6.45, 7) is 0. The number of rotatable bonds is 3. The van der Waals surface area contributed by atoms with Crippen molar-refractivity contribution in [1.29, 1.82) is 0 Å². The summed E-state index contributed by atoms with van der Waals surface area (Å²) in [4.78, 5) is 19.5. The first-order valence-corrected chi connectivity index (χ1v) is 13.0. The van der Waals surface area contributed by atoms with Crippen LogP contribution in [-0.2, 0) is 6.42 Å². The molecule has 1 aromatic heterocycles. The van der Waals surface area contributed by atoms with Gasteiger partial charge in [-0.05, 0) is 48.3 Å². The average molecular weight is 535 g/mol. The quantitative estimate of drug-likeness (QED) is 0.385. The van der Waals surface area contributed by atoms with Crippen LogP contribution in [0.25, 0.3) is 11.8 Å². The maximum atomic E-state index is 13.9. The molecule has 2 heterocycles. The van der Waals surface area contributed by atoms with Gasteiger partial charge in [0.15, 0.2) is 4.80 Å². The number of phenolic OH excluding ortho intramolecular Hbond substituents is 1. The Bertz CT molecular complexity index is 1750. The molecule has 180 valence electrons. The highest BCUT2D eigenvalue weighted by Crippen LogP contribution is 2.43. The van der Waals surface area contributed by atoms with Crippen molar-refractivity contribution in [1.82, 2.24) is 4.57 Å². The second-order valence-corrected chi connectivity index (χ2v) is 10.5. The molecule has 0 fully saturated rings. The normalized spacial score (nSPS) is 16.8. The third-order valence-electron chi connectivity index (χ3n) is 6.65. The first kappa shape index (κ1) is 23.1. The number of ether oxygens (including phenoxy) is 1. The minimum atomic E-state index is -0.362. The van der Waals surface area contributed by atoms with E-state index in [1.54, 1.807) is 23.8 Å². The van der Waals surface area contributed by atoms with Crippen LogP contribution < -0.4 is 19.6 Å². The van der Waals surface area contributed by atoms with Crippen molar-refractivity contribution >= 4 is 46.3 Å². The standard InChI is InChI=1S/C28H20Cl2N2O3S/c1-35-22-9-5-4-8-19(22)25-20-11-10-15-6-2-3-7-18(15)24(20)31-28-32(25)27(34)23(36-28)13-16-12-17(29)14-21(30)26(16)33/h2-9,12-14,25,33H,10-11H2,1H3/b23-13-/t25-/m1/s1. The number of para-hydroxylation sites is 1. The molecule has 1 aliphatic carbocycles. The molecule has 8 heteroatoms. The van der Waals surface area contributed by atoms with E-state index in [1.807, 2.05) is 36.4 Å². The zero-order chi connectivity index (χ0) is 25.0. The fraction of sp³-hybridized carbons (Fsp3) is 0.143. The number of phenols is 1. The Morgan fingerprint density at radius 1 is 1.11 bits per heavy atom. The SMILES string of the molecule is COc1ccccc1[C@@H]1C2=C(N=c3s/c(=C\c4cc(Cl)cc(Cl)c4O)c(=O)n31)c1ccccc1CC2. The number of aromatic nitrogens is 1. The van der Waals surface area contributed by atoms with E-state index < -0.39 is 0 Å². The van der Waals surface area contributed by atoms with Crippen LogP contribution in [-0.4, -0.2) is 16.8 Å². The van der Waals surface area contributed by atoms with Crippen molar-refractivity contribution in [2.24, 2.45) is 4.99 Å². The predicted molar refractivity (Wildman–Crippen MR) is 144 cm³/mol. The zero-order valence-corrected chi connectivity index (χ0v) is 21.5. The molecule has 36 heavy (non-hydrogen) atoms. The molecular formula is C28H20Cl2N2O3S. The van der Waals surface area contributed by atoms with Gasteiger partial charge in [0.05, 0.1) is 28.4 Å². The Balaban J connectivity index is 1.66. The number of benzene rings is 3. The van der Waals surface area contributed by atoms with Crippen molar-refractivity contribution < 1.29 is 9.84 Å². The van der Waals surface area contributed by atoms with Crippen LogP contribution in [0.3, 0.4) is 0 Å². The molecule has 1 N–H and O–H groups in total. The van der Waals surface area contributed by atoms with Gasteiger partial charge in [0.25, 0.3) is 5.56 Å². The van der Waals surface area contributed by atoms with E-state index >= 15 is 0 Å². The van der Waals surface area contributed by atoms with Crippen molar-refractivity contribution in [2.45, 2.75) is 18.9 Å². The van der Waals surface area contributed by atoms with Gasteiger partial charge in [0.1, 0.15) is 11.5 Å². The molecule has 1 aliphatic heterocycles. The van der Waals surface area contributed by atoms with Crippen LogP contribution in [0.2, 0.25) is 10.0 Å². The summed E-state index contributed by atoms with van der Waals surface area (Å²) in [6, 6.07) is 18.8. The molecule has 0 bridgehead atoms. The molecule has 6 rings (SSSR count). The number of nitrogens with zero attached hydrogens (tertiary/aromatic N) is 2. The summed E-state index contributed by atoms with van der Waals surface area (Å²) in [5, 5.41) is 11.0. The van der Waals surface area contributed by atoms with Crippen molar-refractivity contribution in [3.63, 3.8) is 0 Å². The van der Waals surface area contributed by atoms with Crippen molar-refractivity contribution in [3.8, 4) is 11.5 Å². The monoisotopic (exact) mass is 534 g/mol. The van der Waals surface area contributed by atoms with Gasteiger partial charge in [-0.1, -0.05) is 77.0 Å². The molecule has 1 atom stereocenters. The summed E-state index contributed by atoms with van der Waals surface area (Å²) in [5.41, 5.74) is 5.42. The topological polar surface area (TPSA) is 63.8 Å². The number of thiazole rings is 1. The Hall–Kier alpha value is -3.32. The van der Waals surface area contributed by atoms with Crippen LogP contribution >= 0.6 is 34.5 Å². The third-order valence-corrected chi connectivity index (χ3v) is 8.14. The number of hydrogen-bond donors (Lipinski definition) is 1. The smallest absolute Gasteiger partial charge is 0.271 e. The molecule has 0 saturated carbocycles. The van der Waals surface area contributed by atoms with E-state index in [1.165, 1.54) is 23.0 Å². The number of methoxy groups -OCH3 is 1. The fourth-order valence-corrected chi connectivity index (χ4v) is 6.53. The molecular weight excluding hydrogens is 515 g/mol. The fourth-order valence-electron chi connectivity index (χ4n) is 5.03. The first-order valence-electron chi connectivity index (χ1n) is 11.4. The van der Waals surface area contributed by atoms with Crippen LogP contribution in [0.1, 0.15) is 34.7 Å². The molecule has 0 unspecified atom stereocenters. The number of aromatic hydroxyl groups is 1. The minimum absolute atomic E-state index is 0.124. The highest BCUT2D eigenvalue weighted by Gasteiger charge is 2.34. The second kappa shape index (κ2) is 8.96. The van der Waals surface area contributed by atoms with E-state index in [0.29, 0.717) is 25.7 Å².